The zero-order chi connectivity index (χ0) is 14.7. The van der Waals surface area contributed by atoms with Gasteiger partial charge in [-0.1, -0.05) is 23.7 Å². The van der Waals surface area contributed by atoms with Gasteiger partial charge in [0.05, 0.1) is 10.6 Å². The Morgan fingerprint density at radius 3 is 2.90 bits per heavy atom. The topological polar surface area (TPSA) is 59.9 Å². The summed E-state index contributed by atoms with van der Waals surface area (Å²) < 4.78 is 11.7. The van der Waals surface area contributed by atoms with Gasteiger partial charge in [0.2, 0.25) is 6.10 Å². The standard InChI is InChI=1S/C14H11ClN2O3S/c15-13-6-5-9(21-13)7-16-17-14(18)12-8-19-10-3-1-2-4-11(10)20-12/h1-7,12H,8H2,(H,17,18)/b16-7+/t12-/m1/s1. The lowest BCUT2D eigenvalue weighted by atomic mass is 10.2. The van der Waals surface area contributed by atoms with Crippen LogP contribution in [0.5, 0.6) is 11.5 Å². The largest absolute Gasteiger partial charge is 0.485 e. The van der Waals surface area contributed by atoms with Crippen molar-refractivity contribution < 1.29 is 14.3 Å². The van der Waals surface area contributed by atoms with Gasteiger partial charge in [-0.15, -0.1) is 11.3 Å². The van der Waals surface area contributed by atoms with E-state index in [2.05, 4.69) is 10.5 Å². The van der Waals surface area contributed by atoms with E-state index < -0.39 is 6.10 Å². The summed E-state index contributed by atoms with van der Waals surface area (Å²) in [7, 11) is 0. The Morgan fingerprint density at radius 1 is 1.33 bits per heavy atom. The summed E-state index contributed by atoms with van der Waals surface area (Å²) in [5, 5.41) is 3.88. The van der Waals surface area contributed by atoms with Crippen molar-refractivity contribution in [3.05, 3.63) is 45.6 Å². The molecule has 0 spiro atoms. The molecule has 0 bridgehead atoms. The summed E-state index contributed by atoms with van der Waals surface area (Å²) in [4.78, 5) is 12.8. The fourth-order valence-corrected chi connectivity index (χ4v) is 2.71. The molecule has 0 saturated carbocycles. The van der Waals surface area contributed by atoms with Crippen LogP contribution in [0.4, 0.5) is 0 Å². The highest BCUT2D eigenvalue weighted by atomic mass is 35.5. The molecule has 0 aliphatic carbocycles. The van der Waals surface area contributed by atoms with Crippen LogP contribution in [0.3, 0.4) is 0 Å². The quantitative estimate of drug-likeness (QED) is 0.698. The number of nitrogens with one attached hydrogen (secondary N) is 1. The van der Waals surface area contributed by atoms with Crippen LogP contribution < -0.4 is 14.9 Å². The number of para-hydroxylation sites is 2. The fraction of sp³-hybridized carbons (Fsp3) is 0.143. The van der Waals surface area contributed by atoms with E-state index in [9.17, 15) is 4.79 Å². The van der Waals surface area contributed by atoms with E-state index in [-0.39, 0.29) is 12.5 Å². The Balaban J connectivity index is 1.58. The molecule has 1 amide bonds. The molecule has 7 heteroatoms. The van der Waals surface area contributed by atoms with Gasteiger partial charge in [-0.3, -0.25) is 4.79 Å². The highest BCUT2D eigenvalue weighted by molar-refractivity contribution is 7.17. The van der Waals surface area contributed by atoms with E-state index in [1.165, 1.54) is 17.6 Å². The Hall–Kier alpha value is -2.05. The monoisotopic (exact) mass is 322 g/mol. The summed E-state index contributed by atoms with van der Waals surface area (Å²) >= 11 is 7.18. The van der Waals surface area contributed by atoms with Crippen LogP contribution in [-0.4, -0.2) is 24.8 Å². The van der Waals surface area contributed by atoms with Crippen LogP contribution >= 0.6 is 22.9 Å². The first-order valence-electron chi connectivity index (χ1n) is 6.19. The first-order chi connectivity index (χ1) is 10.2. The molecule has 108 valence electrons. The van der Waals surface area contributed by atoms with Crippen LogP contribution in [0, 0.1) is 0 Å². The van der Waals surface area contributed by atoms with Crippen molar-refractivity contribution in [2.45, 2.75) is 6.10 Å². The van der Waals surface area contributed by atoms with Gasteiger partial charge in [-0.25, -0.2) is 5.43 Å². The third kappa shape index (κ3) is 3.34. The lowest BCUT2D eigenvalue weighted by molar-refractivity contribution is -0.130. The van der Waals surface area contributed by atoms with Crippen LogP contribution in [0.15, 0.2) is 41.5 Å². The maximum absolute atomic E-state index is 12.0. The van der Waals surface area contributed by atoms with E-state index in [1.54, 1.807) is 18.2 Å². The first-order valence-corrected chi connectivity index (χ1v) is 7.38. The highest BCUT2D eigenvalue weighted by Crippen LogP contribution is 2.30. The Kier molecular flexibility index (Phi) is 4.08. The molecule has 2 aromatic rings. The van der Waals surface area contributed by atoms with E-state index in [0.717, 1.165) is 4.88 Å². The van der Waals surface area contributed by atoms with Gasteiger partial charge < -0.3 is 9.47 Å². The number of benzene rings is 1. The summed E-state index contributed by atoms with van der Waals surface area (Å²) in [6.45, 7) is 0.156. The van der Waals surface area contributed by atoms with Crippen molar-refractivity contribution in [3.63, 3.8) is 0 Å². The van der Waals surface area contributed by atoms with Crippen molar-refractivity contribution in [2.24, 2.45) is 5.10 Å². The molecule has 0 fully saturated rings. The predicted octanol–water partition coefficient (Wildman–Crippen LogP) is 2.69. The van der Waals surface area contributed by atoms with Gasteiger partial charge in [0.25, 0.3) is 5.91 Å². The molecule has 1 aromatic carbocycles. The number of amides is 1. The molecule has 1 atom stereocenters. The summed E-state index contributed by atoms with van der Waals surface area (Å²) in [6.07, 6.45) is 0.815. The summed E-state index contributed by atoms with van der Waals surface area (Å²) in [5.41, 5.74) is 2.43. The SMILES string of the molecule is O=C(N/N=C/c1ccc(Cl)s1)[C@H]1COc2ccccc2O1. The number of carbonyl (C=O) groups is 1. The number of rotatable bonds is 3. The number of hydrogen-bond acceptors (Lipinski definition) is 5. The van der Waals surface area contributed by atoms with Crippen molar-refractivity contribution in [1.82, 2.24) is 5.43 Å². The fourth-order valence-electron chi connectivity index (χ4n) is 1.78. The van der Waals surface area contributed by atoms with E-state index in [1.807, 2.05) is 18.2 Å². The van der Waals surface area contributed by atoms with E-state index in [4.69, 9.17) is 21.1 Å². The number of hydrazone groups is 1. The number of fused-ring (bicyclic) bond motifs is 1. The summed E-state index contributed by atoms with van der Waals surface area (Å²) in [5.74, 6) is 0.833. The minimum Gasteiger partial charge on any atom is -0.485 e. The molecular formula is C14H11ClN2O3S. The Bertz CT molecular complexity index is 686. The average Bonchev–Trinajstić information content (AvgIpc) is 2.92. The second kappa shape index (κ2) is 6.15. The molecule has 1 aliphatic rings. The number of nitrogens with zero attached hydrogens (tertiary/aromatic N) is 1. The third-order valence-corrected chi connectivity index (χ3v) is 3.93. The van der Waals surface area contributed by atoms with Gasteiger partial charge in [-0.2, -0.15) is 5.10 Å². The number of thiophene rings is 1. The smallest absolute Gasteiger partial charge is 0.284 e. The van der Waals surface area contributed by atoms with Crippen LogP contribution in [0.25, 0.3) is 0 Å². The van der Waals surface area contributed by atoms with Crippen LogP contribution in [-0.2, 0) is 4.79 Å². The second-order valence-electron chi connectivity index (χ2n) is 4.24. The van der Waals surface area contributed by atoms with Gasteiger partial charge in [-0.05, 0) is 24.3 Å². The molecule has 0 saturated heterocycles. The first kappa shape index (κ1) is 13.9. The number of ether oxygens (including phenoxy) is 2. The molecule has 0 radical (unpaired) electrons. The molecule has 21 heavy (non-hydrogen) atoms. The van der Waals surface area contributed by atoms with Crippen molar-refractivity contribution in [1.29, 1.82) is 0 Å². The van der Waals surface area contributed by atoms with E-state index >= 15 is 0 Å². The van der Waals surface area contributed by atoms with Crippen LogP contribution in [0.2, 0.25) is 4.34 Å². The third-order valence-electron chi connectivity index (χ3n) is 2.76. The van der Waals surface area contributed by atoms with Gasteiger partial charge in [0, 0.05) is 4.88 Å². The second-order valence-corrected chi connectivity index (χ2v) is 5.99. The molecule has 1 aliphatic heterocycles. The van der Waals surface area contributed by atoms with Crippen molar-refractivity contribution >= 4 is 35.1 Å². The van der Waals surface area contributed by atoms with Crippen molar-refractivity contribution in [2.75, 3.05) is 6.61 Å². The normalized spacial score (nSPS) is 16.9. The van der Waals surface area contributed by atoms with Gasteiger partial charge in [0.1, 0.15) is 6.61 Å². The Labute approximate surface area is 130 Å². The van der Waals surface area contributed by atoms with Crippen LogP contribution in [0.1, 0.15) is 4.88 Å². The maximum Gasteiger partial charge on any atom is 0.284 e. The van der Waals surface area contributed by atoms with E-state index in [0.29, 0.717) is 15.8 Å². The zero-order valence-electron chi connectivity index (χ0n) is 10.8. The number of halogens is 1. The highest BCUT2D eigenvalue weighted by Gasteiger charge is 2.26. The lowest BCUT2D eigenvalue weighted by Crippen LogP contribution is -2.42. The number of hydrogen-bond donors (Lipinski definition) is 1. The molecular weight excluding hydrogens is 312 g/mol. The maximum atomic E-state index is 12.0. The zero-order valence-corrected chi connectivity index (χ0v) is 12.4. The van der Waals surface area contributed by atoms with Crippen molar-refractivity contribution in [3.8, 4) is 11.5 Å². The predicted molar refractivity (Wildman–Crippen MR) is 81.4 cm³/mol. The molecule has 3 rings (SSSR count). The average molecular weight is 323 g/mol. The molecule has 2 heterocycles. The molecule has 1 N–H and O–H groups in total. The number of carbonyl (C=O) groups excluding carboxylic acids is 1. The molecule has 0 unspecified atom stereocenters. The summed E-state index contributed by atoms with van der Waals surface area (Å²) in [6, 6.07) is 10.8. The lowest BCUT2D eigenvalue weighted by Gasteiger charge is -2.24. The molecule has 5 nitrogen and oxygen atoms in total. The minimum absolute atomic E-state index is 0.156. The van der Waals surface area contributed by atoms with Gasteiger partial charge >= 0.3 is 0 Å². The van der Waals surface area contributed by atoms with Gasteiger partial charge in [0.15, 0.2) is 11.5 Å². The Morgan fingerprint density at radius 2 is 2.14 bits per heavy atom. The molecule has 1 aromatic heterocycles. The minimum atomic E-state index is -0.719.